The van der Waals surface area contributed by atoms with E-state index in [1.54, 1.807) is 6.92 Å². The Balaban J connectivity index is 2.92. The van der Waals surface area contributed by atoms with E-state index in [2.05, 4.69) is 0 Å². The lowest BCUT2D eigenvalue weighted by molar-refractivity contribution is 0.338. The van der Waals surface area contributed by atoms with Gasteiger partial charge in [0.25, 0.3) is 0 Å². The predicted molar refractivity (Wildman–Crippen MR) is 47.4 cm³/mol. The van der Waals surface area contributed by atoms with Crippen LogP contribution in [-0.4, -0.2) is 23.8 Å². The summed E-state index contributed by atoms with van der Waals surface area (Å²) in [4.78, 5) is 0. The fourth-order valence-electron chi connectivity index (χ4n) is 0.974. The summed E-state index contributed by atoms with van der Waals surface area (Å²) in [5.41, 5.74) is -0.150. The molecule has 0 aromatic heterocycles. The van der Waals surface area contributed by atoms with Crippen molar-refractivity contribution in [3.05, 3.63) is 24.0 Å². The minimum Gasteiger partial charge on any atom is -0.494 e. The first-order valence-corrected chi connectivity index (χ1v) is 3.93. The molecule has 0 aliphatic heterocycles. The lowest BCUT2D eigenvalue weighted by Crippen LogP contribution is -2.32. The first-order valence-electron chi connectivity index (χ1n) is 3.93. The number of benzene rings is 1. The van der Waals surface area contributed by atoms with E-state index < -0.39 is 12.9 Å². The van der Waals surface area contributed by atoms with Crippen molar-refractivity contribution in [2.75, 3.05) is 6.61 Å². The van der Waals surface area contributed by atoms with Crippen molar-refractivity contribution >= 4 is 12.6 Å². The van der Waals surface area contributed by atoms with E-state index in [0.717, 1.165) is 6.07 Å². The monoisotopic (exact) mass is 184 g/mol. The summed E-state index contributed by atoms with van der Waals surface area (Å²) in [6.07, 6.45) is 0. The van der Waals surface area contributed by atoms with Gasteiger partial charge >= 0.3 is 7.12 Å². The lowest BCUT2D eigenvalue weighted by Gasteiger charge is -2.05. The van der Waals surface area contributed by atoms with Crippen LogP contribution in [-0.2, 0) is 0 Å². The molecule has 0 radical (unpaired) electrons. The third-order valence-corrected chi connectivity index (χ3v) is 1.56. The molecule has 5 heteroatoms. The van der Waals surface area contributed by atoms with Gasteiger partial charge in [0.2, 0.25) is 0 Å². The highest BCUT2D eigenvalue weighted by Crippen LogP contribution is 2.10. The molecule has 3 nitrogen and oxygen atoms in total. The van der Waals surface area contributed by atoms with Crippen LogP contribution in [0.1, 0.15) is 6.92 Å². The summed E-state index contributed by atoms with van der Waals surface area (Å²) < 4.78 is 18.0. The normalized spacial score (nSPS) is 9.85. The SMILES string of the molecule is CCOc1ccc(B(O)O)c(F)c1. The fourth-order valence-corrected chi connectivity index (χ4v) is 0.974. The maximum absolute atomic E-state index is 13.0. The molecule has 1 aromatic rings. The van der Waals surface area contributed by atoms with Crippen LogP contribution in [0.4, 0.5) is 4.39 Å². The van der Waals surface area contributed by atoms with Crippen molar-refractivity contribution in [1.82, 2.24) is 0 Å². The molecular formula is C8H10BFO3. The number of ether oxygens (including phenoxy) is 1. The Morgan fingerprint density at radius 1 is 1.46 bits per heavy atom. The van der Waals surface area contributed by atoms with Gasteiger partial charge in [0.05, 0.1) is 6.61 Å². The Hall–Kier alpha value is -1.07. The lowest BCUT2D eigenvalue weighted by atomic mass is 9.80. The predicted octanol–water partition coefficient (Wildman–Crippen LogP) is -0.0958. The second kappa shape index (κ2) is 4.25. The van der Waals surface area contributed by atoms with Crippen LogP contribution in [0, 0.1) is 5.82 Å². The second-order valence-electron chi connectivity index (χ2n) is 2.49. The Labute approximate surface area is 75.9 Å². The molecule has 0 heterocycles. The average molecular weight is 184 g/mol. The molecule has 1 aromatic carbocycles. The molecule has 0 amide bonds. The summed E-state index contributed by atoms with van der Waals surface area (Å²) in [6.45, 7) is 2.23. The maximum atomic E-state index is 13.0. The second-order valence-corrected chi connectivity index (χ2v) is 2.49. The van der Waals surface area contributed by atoms with Gasteiger partial charge in [0, 0.05) is 11.5 Å². The summed E-state index contributed by atoms with van der Waals surface area (Å²) in [5, 5.41) is 17.4. The van der Waals surface area contributed by atoms with Crippen molar-refractivity contribution in [2.24, 2.45) is 0 Å². The van der Waals surface area contributed by atoms with Crippen LogP contribution in [0.3, 0.4) is 0 Å². The van der Waals surface area contributed by atoms with Crippen LogP contribution < -0.4 is 10.2 Å². The summed E-state index contributed by atoms with van der Waals surface area (Å²) >= 11 is 0. The minimum absolute atomic E-state index is 0.150. The Morgan fingerprint density at radius 3 is 2.62 bits per heavy atom. The summed E-state index contributed by atoms with van der Waals surface area (Å²) in [5.74, 6) is -0.301. The van der Waals surface area contributed by atoms with Gasteiger partial charge in [-0.1, -0.05) is 6.07 Å². The number of halogens is 1. The Bertz CT molecular complexity index is 291. The molecule has 0 unspecified atom stereocenters. The van der Waals surface area contributed by atoms with Gasteiger partial charge in [-0.25, -0.2) is 4.39 Å². The highest BCUT2D eigenvalue weighted by Gasteiger charge is 2.16. The van der Waals surface area contributed by atoms with E-state index >= 15 is 0 Å². The molecular weight excluding hydrogens is 174 g/mol. The standard InChI is InChI=1S/C8H10BFO3/c1-2-13-6-3-4-7(9(11)12)8(10)5-6/h3-5,11-12H,2H2,1H3. The van der Waals surface area contributed by atoms with Gasteiger partial charge in [-0.05, 0) is 13.0 Å². The van der Waals surface area contributed by atoms with Crippen LogP contribution in [0.2, 0.25) is 0 Å². The van der Waals surface area contributed by atoms with Gasteiger partial charge in [0.15, 0.2) is 0 Å². The van der Waals surface area contributed by atoms with E-state index in [-0.39, 0.29) is 5.46 Å². The summed E-state index contributed by atoms with van der Waals surface area (Å²) in [6, 6.07) is 3.89. The molecule has 0 saturated carbocycles. The van der Waals surface area contributed by atoms with Gasteiger partial charge in [0.1, 0.15) is 11.6 Å². The van der Waals surface area contributed by atoms with Crippen LogP contribution in [0.5, 0.6) is 5.75 Å². The highest BCUT2D eigenvalue weighted by atomic mass is 19.1. The number of hydrogen-bond acceptors (Lipinski definition) is 3. The zero-order valence-corrected chi connectivity index (χ0v) is 7.20. The topological polar surface area (TPSA) is 49.7 Å². The highest BCUT2D eigenvalue weighted by molar-refractivity contribution is 6.58. The first kappa shape index (κ1) is 10.0. The maximum Gasteiger partial charge on any atom is 0.491 e. The molecule has 0 atom stereocenters. The van der Waals surface area contributed by atoms with Crippen molar-refractivity contribution in [3.63, 3.8) is 0 Å². The van der Waals surface area contributed by atoms with Crippen LogP contribution in [0.15, 0.2) is 18.2 Å². The molecule has 0 aliphatic rings. The van der Waals surface area contributed by atoms with Crippen LogP contribution >= 0.6 is 0 Å². The number of hydrogen-bond donors (Lipinski definition) is 2. The molecule has 0 aliphatic carbocycles. The molecule has 0 spiro atoms. The number of rotatable bonds is 3. The molecule has 0 fully saturated rings. The van der Waals surface area contributed by atoms with E-state index in [1.165, 1.54) is 12.1 Å². The first-order chi connectivity index (χ1) is 6.15. The van der Waals surface area contributed by atoms with E-state index in [0.29, 0.717) is 12.4 Å². The molecule has 13 heavy (non-hydrogen) atoms. The van der Waals surface area contributed by atoms with Crippen molar-refractivity contribution in [3.8, 4) is 5.75 Å². The molecule has 0 saturated heterocycles. The molecule has 2 N–H and O–H groups in total. The third-order valence-electron chi connectivity index (χ3n) is 1.56. The van der Waals surface area contributed by atoms with Gasteiger partial charge < -0.3 is 14.8 Å². The molecule has 70 valence electrons. The van der Waals surface area contributed by atoms with Gasteiger partial charge in [-0.3, -0.25) is 0 Å². The van der Waals surface area contributed by atoms with E-state index in [1.807, 2.05) is 0 Å². The quantitative estimate of drug-likeness (QED) is 0.645. The molecule has 0 bridgehead atoms. The van der Waals surface area contributed by atoms with Gasteiger partial charge in [-0.15, -0.1) is 0 Å². The van der Waals surface area contributed by atoms with Crippen molar-refractivity contribution < 1.29 is 19.2 Å². The van der Waals surface area contributed by atoms with E-state index in [4.69, 9.17) is 14.8 Å². The van der Waals surface area contributed by atoms with Gasteiger partial charge in [-0.2, -0.15) is 0 Å². The Kier molecular flexibility index (Phi) is 3.28. The zero-order chi connectivity index (χ0) is 9.84. The summed E-state index contributed by atoms with van der Waals surface area (Å²) in [7, 11) is -1.78. The van der Waals surface area contributed by atoms with Crippen molar-refractivity contribution in [1.29, 1.82) is 0 Å². The minimum atomic E-state index is -1.78. The Morgan fingerprint density at radius 2 is 2.15 bits per heavy atom. The molecule has 1 rings (SSSR count). The largest absolute Gasteiger partial charge is 0.494 e. The average Bonchev–Trinajstić information content (AvgIpc) is 2.04. The van der Waals surface area contributed by atoms with E-state index in [9.17, 15) is 4.39 Å². The van der Waals surface area contributed by atoms with Crippen LogP contribution in [0.25, 0.3) is 0 Å². The smallest absolute Gasteiger partial charge is 0.491 e. The third kappa shape index (κ3) is 2.43. The zero-order valence-electron chi connectivity index (χ0n) is 7.20. The fraction of sp³-hybridized carbons (Fsp3) is 0.250. The van der Waals surface area contributed by atoms with Crippen molar-refractivity contribution in [2.45, 2.75) is 6.92 Å².